The van der Waals surface area contributed by atoms with Gasteiger partial charge in [-0.05, 0) is 24.1 Å². The van der Waals surface area contributed by atoms with E-state index < -0.39 is 5.97 Å². The standard InChI is InChI=1S/C23H24N2O4/c1-2-21-24-20(18-6-4-3-5-7-18)16-22(26)25(21)14-15-29-19-11-8-17(9-12-19)10-13-23(27)28/h3-9,11-12,16H,2,10,13-15H2,1H3,(H,27,28). The minimum Gasteiger partial charge on any atom is -0.492 e. The van der Waals surface area contributed by atoms with Gasteiger partial charge in [-0.3, -0.25) is 14.2 Å². The van der Waals surface area contributed by atoms with Crippen LogP contribution in [0.15, 0.2) is 65.5 Å². The lowest BCUT2D eigenvalue weighted by molar-refractivity contribution is -0.136. The van der Waals surface area contributed by atoms with E-state index in [1.54, 1.807) is 10.6 Å². The summed E-state index contributed by atoms with van der Waals surface area (Å²) in [5.41, 5.74) is 2.46. The number of aryl methyl sites for hydroxylation is 2. The molecular formula is C23H24N2O4. The SMILES string of the molecule is CCc1nc(-c2ccccc2)cc(=O)n1CCOc1ccc(CCC(=O)O)cc1. The number of carboxylic acid groups (broad SMARTS) is 1. The molecule has 0 aliphatic carbocycles. The first-order valence-electron chi connectivity index (χ1n) is 9.66. The Hall–Kier alpha value is -3.41. The van der Waals surface area contributed by atoms with Crippen molar-refractivity contribution in [1.82, 2.24) is 9.55 Å². The molecule has 0 fully saturated rings. The average Bonchev–Trinajstić information content (AvgIpc) is 2.74. The van der Waals surface area contributed by atoms with Gasteiger partial charge < -0.3 is 9.84 Å². The Balaban J connectivity index is 1.64. The molecule has 0 aliphatic rings. The second kappa shape index (κ2) is 9.68. The monoisotopic (exact) mass is 392 g/mol. The van der Waals surface area contributed by atoms with Crippen molar-refractivity contribution < 1.29 is 14.6 Å². The number of hydrogen-bond donors (Lipinski definition) is 1. The van der Waals surface area contributed by atoms with Crippen molar-refractivity contribution in [2.45, 2.75) is 32.7 Å². The average molecular weight is 392 g/mol. The highest BCUT2D eigenvalue weighted by atomic mass is 16.5. The van der Waals surface area contributed by atoms with Crippen LogP contribution < -0.4 is 10.3 Å². The molecule has 6 nitrogen and oxygen atoms in total. The van der Waals surface area contributed by atoms with Crippen LogP contribution in [-0.2, 0) is 24.2 Å². The maximum atomic E-state index is 12.6. The van der Waals surface area contributed by atoms with Crippen LogP contribution in [0.5, 0.6) is 5.75 Å². The first-order chi connectivity index (χ1) is 14.1. The van der Waals surface area contributed by atoms with Crippen molar-refractivity contribution >= 4 is 5.97 Å². The zero-order chi connectivity index (χ0) is 20.6. The molecule has 0 saturated carbocycles. The molecule has 3 rings (SSSR count). The van der Waals surface area contributed by atoms with Crippen LogP contribution in [0, 0.1) is 0 Å². The zero-order valence-corrected chi connectivity index (χ0v) is 16.4. The first kappa shape index (κ1) is 20.3. The number of hydrogen-bond acceptors (Lipinski definition) is 4. The van der Waals surface area contributed by atoms with Crippen molar-refractivity contribution in [1.29, 1.82) is 0 Å². The summed E-state index contributed by atoms with van der Waals surface area (Å²) in [5, 5.41) is 8.74. The second-order valence-corrected chi connectivity index (χ2v) is 6.65. The maximum absolute atomic E-state index is 12.6. The number of aromatic nitrogens is 2. The van der Waals surface area contributed by atoms with E-state index in [-0.39, 0.29) is 12.0 Å². The van der Waals surface area contributed by atoms with Gasteiger partial charge in [-0.2, -0.15) is 0 Å². The summed E-state index contributed by atoms with van der Waals surface area (Å²) in [6.45, 7) is 2.72. The summed E-state index contributed by atoms with van der Waals surface area (Å²) in [6, 6.07) is 18.6. The first-order valence-corrected chi connectivity index (χ1v) is 9.66. The Morgan fingerprint density at radius 2 is 1.83 bits per heavy atom. The molecule has 0 aliphatic heterocycles. The molecule has 0 amide bonds. The minimum atomic E-state index is -0.811. The van der Waals surface area contributed by atoms with Crippen LogP contribution in [-0.4, -0.2) is 27.2 Å². The highest BCUT2D eigenvalue weighted by molar-refractivity contribution is 5.67. The lowest BCUT2D eigenvalue weighted by Gasteiger charge is -2.13. The van der Waals surface area contributed by atoms with Crippen molar-refractivity contribution in [2.24, 2.45) is 0 Å². The minimum absolute atomic E-state index is 0.0941. The summed E-state index contributed by atoms with van der Waals surface area (Å²) in [7, 11) is 0. The van der Waals surface area contributed by atoms with Crippen LogP contribution in [0.1, 0.15) is 24.7 Å². The smallest absolute Gasteiger partial charge is 0.303 e. The number of rotatable bonds is 9. The zero-order valence-electron chi connectivity index (χ0n) is 16.4. The Morgan fingerprint density at radius 3 is 2.48 bits per heavy atom. The van der Waals surface area contributed by atoms with Crippen LogP contribution in [0.2, 0.25) is 0 Å². The van der Waals surface area contributed by atoms with E-state index in [9.17, 15) is 9.59 Å². The highest BCUT2D eigenvalue weighted by Crippen LogP contribution is 2.16. The number of carbonyl (C=O) groups is 1. The summed E-state index contributed by atoms with van der Waals surface area (Å²) in [5.74, 6) is 0.599. The molecule has 6 heteroatoms. The fourth-order valence-electron chi connectivity index (χ4n) is 3.08. The molecule has 0 unspecified atom stereocenters. The topological polar surface area (TPSA) is 81.4 Å². The van der Waals surface area contributed by atoms with Gasteiger partial charge in [0.2, 0.25) is 0 Å². The van der Waals surface area contributed by atoms with Gasteiger partial charge in [0, 0.05) is 24.5 Å². The molecule has 1 aromatic heterocycles. The lowest BCUT2D eigenvalue weighted by atomic mass is 10.1. The van der Waals surface area contributed by atoms with E-state index in [1.807, 2.05) is 61.5 Å². The highest BCUT2D eigenvalue weighted by Gasteiger charge is 2.09. The van der Waals surface area contributed by atoms with Crippen LogP contribution in [0.3, 0.4) is 0 Å². The summed E-state index contributed by atoms with van der Waals surface area (Å²) in [4.78, 5) is 27.9. The van der Waals surface area contributed by atoms with Crippen molar-refractivity contribution in [3.63, 3.8) is 0 Å². The van der Waals surface area contributed by atoms with Crippen LogP contribution in [0.25, 0.3) is 11.3 Å². The fraction of sp³-hybridized carbons (Fsp3) is 0.261. The third kappa shape index (κ3) is 5.54. The molecule has 1 N–H and O–H groups in total. The summed E-state index contributed by atoms with van der Waals surface area (Å²) >= 11 is 0. The molecule has 1 heterocycles. The predicted octanol–water partition coefficient (Wildman–Crippen LogP) is 3.57. The molecule has 3 aromatic rings. The van der Waals surface area contributed by atoms with Gasteiger partial charge in [0.1, 0.15) is 18.2 Å². The second-order valence-electron chi connectivity index (χ2n) is 6.65. The molecule has 0 saturated heterocycles. The molecule has 0 spiro atoms. The van der Waals surface area contributed by atoms with E-state index >= 15 is 0 Å². The van der Waals surface area contributed by atoms with E-state index in [1.165, 1.54) is 0 Å². The lowest BCUT2D eigenvalue weighted by Crippen LogP contribution is -2.27. The number of ether oxygens (including phenoxy) is 1. The van der Waals surface area contributed by atoms with Gasteiger partial charge in [-0.25, -0.2) is 4.98 Å². The molecule has 29 heavy (non-hydrogen) atoms. The Bertz CT molecular complexity index is 1010. The van der Waals surface area contributed by atoms with E-state index in [0.29, 0.717) is 37.4 Å². The Labute approximate surface area is 169 Å². The summed E-state index contributed by atoms with van der Waals surface area (Å²) < 4.78 is 7.40. The van der Waals surface area contributed by atoms with Gasteiger partial charge in [0.15, 0.2) is 0 Å². The Kier molecular flexibility index (Phi) is 6.79. The number of carboxylic acids is 1. The van der Waals surface area contributed by atoms with Gasteiger partial charge in [0.05, 0.1) is 12.2 Å². The summed E-state index contributed by atoms with van der Waals surface area (Å²) in [6.07, 6.45) is 1.24. The number of aliphatic carboxylic acids is 1. The Morgan fingerprint density at radius 1 is 1.10 bits per heavy atom. The van der Waals surface area contributed by atoms with Crippen LogP contribution >= 0.6 is 0 Å². The predicted molar refractivity (Wildman–Crippen MR) is 111 cm³/mol. The largest absolute Gasteiger partial charge is 0.492 e. The van der Waals surface area contributed by atoms with E-state index in [4.69, 9.17) is 9.84 Å². The molecule has 150 valence electrons. The van der Waals surface area contributed by atoms with Gasteiger partial charge in [-0.15, -0.1) is 0 Å². The molecular weight excluding hydrogens is 368 g/mol. The third-order valence-corrected chi connectivity index (χ3v) is 4.61. The quantitative estimate of drug-likeness (QED) is 0.602. The number of benzene rings is 2. The molecule has 0 bridgehead atoms. The van der Waals surface area contributed by atoms with Crippen molar-refractivity contribution in [3.05, 3.63) is 82.4 Å². The van der Waals surface area contributed by atoms with Crippen LogP contribution in [0.4, 0.5) is 0 Å². The van der Waals surface area contributed by atoms with Crippen molar-refractivity contribution in [3.8, 4) is 17.0 Å². The number of nitrogens with zero attached hydrogens (tertiary/aromatic N) is 2. The fourth-order valence-corrected chi connectivity index (χ4v) is 3.08. The van der Waals surface area contributed by atoms with Gasteiger partial charge >= 0.3 is 5.97 Å². The van der Waals surface area contributed by atoms with Crippen molar-refractivity contribution in [2.75, 3.05) is 6.61 Å². The normalized spacial score (nSPS) is 10.7. The van der Waals surface area contributed by atoms with Gasteiger partial charge in [0.25, 0.3) is 5.56 Å². The van der Waals surface area contributed by atoms with E-state index in [2.05, 4.69) is 4.98 Å². The molecule has 0 atom stereocenters. The third-order valence-electron chi connectivity index (χ3n) is 4.61. The molecule has 0 radical (unpaired) electrons. The van der Waals surface area contributed by atoms with E-state index in [0.717, 1.165) is 17.0 Å². The van der Waals surface area contributed by atoms with Gasteiger partial charge in [-0.1, -0.05) is 49.4 Å². The maximum Gasteiger partial charge on any atom is 0.303 e. The molecule has 2 aromatic carbocycles.